The van der Waals surface area contributed by atoms with E-state index in [1.54, 1.807) is 4.90 Å². The van der Waals surface area contributed by atoms with Gasteiger partial charge in [0.05, 0.1) is 16.8 Å². The number of hydrogen-bond donors (Lipinski definition) is 0. The molecule has 0 unspecified atom stereocenters. The topological polar surface area (TPSA) is 101 Å². The van der Waals surface area contributed by atoms with Crippen LogP contribution >= 0.6 is 11.3 Å². The van der Waals surface area contributed by atoms with Crippen molar-refractivity contribution in [1.82, 2.24) is 9.47 Å². The Kier molecular flexibility index (Phi) is 8.55. The molecule has 2 heterocycles. The van der Waals surface area contributed by atoms with Gasteiger partial charge in [-0.25, -0.2) is 8.42 Å². The number of benzene rings is 2. The normalized spacial score (nSPS) is 15.0. The SMILES string of the molecule is CCOCCn1c(=NC(=O)CS(=O)(=O)CC(=O)N2CCN(c3ccccc3)CC2)sc2ccccc21. The first-order valence-corrected chi connectivity index (χ1v) is 14.5. The van der Waals surface area contributed by atoms with E-state index in [4.69, 9.17) is 4.74 Å². The van der Waals surface area contributed by atoms with E-state index in [0.29, 0.717) is 50.7 Å². The average molecular weight is 531 g/mol. The third-order valence-electron chi connectivity index (χ3n) is 5.91. The molecule has 0 N–H and O–H groups in total. The maximum Gasteiger partial charge on any atom is 0.263 e. The molecule has 9 nitrogen and oxygen atoms in total. The molecule has 0 radical (unpaired) electrons. The highest BCUT2D eigenvalue weighted by molar-refractivity contribution is 7.92. The van der Waals surface area contributed by atoms with Crippen LogP contribution in [0.3, 0.4) is 0 Å². The first-order valence-electron chi connectivity index (χ1n) is 11.9. The van der Waals surface area contributed by atoms with Crippen molar-refractivity contribution in [3.63, 3.8) is 0 Å². The number of para-hydroxylation sites is 2. The number of amides is 2. The first kappa shape index (κ1) is 26.1. The van der Waals surface area contributed by atoms with Crippen molar-refractivity contribution in [2.75, 3.05) is 55.8 Å². The van der Waals surface area contributed by atoms with Gasteiger partial charge in [-0.05, 0) is 31.2 Å². The van der Waals surface area contributed by atoms with E-state index in [-0.39, 0.29) is 0 Å². The molecular weight excluding hydrogens is 500 g/mol. The number of ether oxygens (including phenoxy) is 1. The van der Waals surface area contributed by atoms with Crippen LogP contribution in [0.15, 0.2) is 59.6 Å². The number of fused-ring (bicyclic) bond motifs is 1. The summed E-state index contributed by atoms with van der Waals surface area (Å²) in [6.07, 6.45) is 0. The zero-order valence-corrected chi connectivity index (χ0v) is 21.8. The lowest BCUT2D eigenvalue weighted by molar-refractivity contribution is -0.128. The second kappa shape index (κ2) is 11.8. The quantitative estimate of drug-likeness (QED) is 0.392. The number of hydrogen-bond acceptors (Lipinski definition) is 7. The third-order valence-corrected chi connectivity index (χ3v) is 8.35. The van der Waals surface area contributed by atoms with Crippen molar-refractivity contribution in [1.29, 1.82) is 0 Å². The Morgan fingerprint density at radius 3 is 2.39 bits per heavy atom. The number of rotatable bonds is 9. The summed E-state index contributed by atoms with van der Waals surface area (Å²) in [5.41, 5.74) is 1.98. The number of nitrogens with zero attached hydrogens (tertiary/aromatic N) is 4. The van der Waals surface area contributed by atoms with Crippen LogP contribution in [-0.2, 0) is 30.7 Å². The van der Waals surface area contributed by atoms with E-state index < -0.39 is 33.2 Å². The maximum atomic E-state index is 12.7. The lowest BCUT2D eigenvalue weighted by Gasteiger charge is -2.36. The molecular formula is C25H30N4O5S2. The molecule has 2 aromatic carbocycles. The summed E-state index contributed by atoms with van der Waals surface area (Å²) in [5, 5.41) is 0. The van der Waals surface area contributed by atoms with Crippen LogP contribution in [0.2, 0.25) is 0 Å². The summed E-state index contributed by atoms with van der Waals surface area (Å²) in [6, 6.07) is 17.5. The van der Waals surface area contributed by atoms with Gasteiger partial charge >= 0.3 is 0 Å². The lowest BCUT2D eigenvalue weighted by Crippen LogP contribution is -2.50. The van der Waals surface area contributed by atoms with Crippen LogP contribution in [-0.4, -0.2) is 80.6 Å². The van der Waals surface area contributed by atoms with E-state index in [1.165, 1.54) is 11.3 Å². The molecule has 1 aliphatic heterocycles. The summed E-state index contributed by atoms with van der Waals surface area (Å²) < 4.78 is 33.6. The predicted octanol–water partition coefficient (Wildman–Crippen LogP) is 1.93. The number of piperazine rings is 1. The minimum absolute atomic E-state index is 0.416. The number of thiazole rings is 1. The predicted molar refractivity (Wildman–Crippen MR) is 141 cm³/mol. The van der Waals surface area contributed by atoms with Crippen LogP contribution < -0.4 is 9.70 Å². The highest BCUT2D eigenvalue weighted by atomic mass is 32.2. The monoisotopic (exact) mass is 530 g/mol. The molecule has 2 amide bonds. The van der Waals surface area contributed by atoms with Crippen LogP contribution in [0.4, 0.5) is 5.69 Å². The summed E-state index contributed by atoms with van der Waals surface area (Å²) in [5.74, 6) is -2.77. The Labute approximate surface area is 214 Å². The molecule has 4 rings (SSSR count). The molecule has 3 aromatic rings. The second-order valence-electron chi connectivity index (χ2n) is 8.44. The van der Waals surface area contributed by atoms with Crippen LogP contribution in [0.5, 0.6) is 0 Å². The molecule has 192 valence electrons. The van der Waals surface area contributed by atoms with Gasteiger partial charge in [0.25, 0.3) is 5.91 Å². The molecule has 1 aromatic heterocycles. The zero-order chi connectivity index (χ0) is 25.5. The number of carbonyl (C=O) groups excluding carboxylic acids is 2. The van der Waals surface area contributed by atoms with Gasteiger partial charge in [0.15, 0.2) is 14.6 Å². The number of aromatic nitrogens is 1. The fourth-order valence-corrected chi connectivity index (χ4v) is 6.31. The molecule has 0 saturated carbocycles. The van der Waals surface area contributed by atoms with E-state index in [9.17, 15) is 18.0 Å². The molecule has 11 heteroatoms. The molecule has 0 aliphatic carbocycles. The third kappa shape index (κ3) is 6.59. The van der Waals surface area contributed by atoms with Gasteiger partial charge < -0.3 is 19.1 Å². The molecule has 1 saturated heterocycles. The smallest absolute Gasteiger partial charge is 0.263 e. The van der Waals surface area contributed by atoms with Crippen LogP contribution in [0, 0.1) is 0 Å². The highest BCUT2D eigenvalue weighted by Crippen LogP contribution is 2.17. The Morgan fingerprint density at radius 2 is 1.67 bits per heavy atom. The largest absolute Gasteiger partial charge is 0.380 e. The minimum Gasteiger partial charge on any atom is -0.380 e. The minimum atomic E-state index is -3.96. The zero-order valence-electron chi connectivity index (χ0n) is 20.2. The fraction of sp³-hybridized carbons (Fsp3) is 0.400. The van der Waals surface area contributed by atoms with Crippen molar-refractivity contribution in [3.8, 4) is 0 Å². The van der Waals surface area contributed by atoms with Crippen molar-refractivity contribution in [2.45, 2.75) is 13.5 Å². The van der Waals surface area contributed by atoms with Gasteiger partial charge in [0.2, 0.25) is 5.91 Å². The van der Waals surface area contributed by atoms with E-state index in [1.807, 2.05) is 66.1 Å². The average Bonchev–Trinajstić information content (AvgIpc) is 3.21. The summed E-state index contributed by atoms with van der Waals surface area (Å²) in [6.45, 7) is 5.52. The van der Waals surface area contributed by atoms with Crippen LogP contribution in [0.1, 0.15) is 6.92 Å². The van der Waals surface area contributed by atoms with E-state index in [2.05, 4.69) is 9.89 Å². The lowest BCUT2D eigenvalue weighted by atomic mass is 10.2. The van der Waals surface area contributed by atoms with Crippen molar-refractivity contribution in [2.24, 2.45) is 4.99 Å². The molecule has 1 fully saturated rings. The number of carbonyl (C=O) groups is 2. The highest BCUT2D eigenvalue weighted by Gasteiger charge is 2.27. The Hall–Kier alpha value is -3.02. The van der Waals surface area contributed by atoms with E-state index in [0.717, 1.165) is 15.9 Å². The van der Waals surface area contributed by atoms with E-state index >= 15 is 0 Å². The Morgan fingerprint density at radius 1 is 0.972 bits per heavy atom. The summed E-state index contributed by atoms with van der Waals surface area (Å²) >= 11 is 1.32. The summed E-state index contributed by atoms with van der Waals surface area (Å²) in [7, 11) is -3.96. The van der Waals surface area contributed by atoms with Gasteiger partial charge in [-0.3, -0.25) is 9.59 Å². The van der Waals surface area contributed by atoms with Gasteiger partial charge in [-0.15, -0.1) is 0 Å². The fourth-order valence-electron chi connectivity index (χ4n) is 4.13. The molecule has 0 atom stereocenters. The van der Waals surface area contributed by atoms with Crippen LogP contribution in [0.25, 0.3) is 10.2 Å². The van der Waals surface area contributed by atoms with Gasteiger partial charge in [-0.2, -0.15) is 4.99 Å². The maximum absolute atomic E-state index is 12.7. The van der Waals surface area contributed by atoms with Crippen molar-refractivity contribution in [3.05, 3.63) is 59.4 Å². The molecule has 36 heavy (non-hydrogen) atoms. The molecule has 0 bridgehead atoms. The molecule has 1 aliphatic rings. The van der Waals surface area contributed by atoms with Gasteiger partial charge in [0.1, 0.15) is 11.5 Å². The summed E-state index contributed by atoms with van der Waals surface area (Å²) in [4.78, 5) is 33.5. The standard InChI is InChI=1S/C25H30N4O5S2/c1-2-34-17-16-29-21-10-6-7-11-22(21)35-25(29)26-23(30)18-36(32,33)19-24(31)28-14-12-27(13-15-28)20-8-4-3-5-9-20/h3-11H,2,12-19H2,1H3. The van der Waals surface area contributed by atoms with Gasteiger partial charge in [-0.1, -0.05) is 41.7 Å². The van der Waals surface area contributed by atoms with Gasteiger partial charge in [0, 0.05) is 45.0 Å². The number of anilines is 1. The number of sulfone groups is 1. The second-order valence-corrected chi connectivity index (χ2v) is 11.5. The Bertz CT molecular complexity index is 1370. The van der Waals surface area contributed by atoms with Crippen molar-refractivity contribution >= 4 is 48.9 Å². The Balaban J connectivity index is 1.39. The molecule has 0 spiro atoms. The first-order chi connectivity index (χ1) is 17.4. The van der Waals surface area contributed by atoms with Crippen molar-refractivity contribution < 1.29 is 22.7 Å².